The lowest BCUT2D eigenvalue weighted by Gasteiger charge is -2.20. The van der Waals surface area contributed by atoms with Crippen LogP contribution in [-0.2, 0) is 15.8 Å². The molecule has 1 atom stereocenters. The van der Waals surface area contributed by atoms with E-state index in [1.54, 1.807) is 13.8 Å². The number of halogens is 2. The highest BCUT2D eigenvalue weighted by atomic mass is 31.2. The largest absolute Gasteiger partial charge is 0.369 e. The molecule has 0 aliphatic heterocycles. The number of H-pyrrole nitrogens is 1. The number of nitrogens with one attached hydrogen (secondary N) is 1. The van der Waals surface area contributed by atoms with E-state index < -0.39 is 31.3 Å². The maximum Gasteiger partial charge on any atom is 0.264 e. The van der Waals surface area contributed by atoms with Crippen LogP contribution in [0.1, 0.15) is 13.8 Å². The topological polar surface area (TPSA) is 103 Å². The molecule has 0 radical (unpaired) electrons. The normalized spacial score (nSPS) is 13.5. The number of nitrogens with two attached hydrogens (primary N) is 1. The molecule has 24 heavy (non-hydrogen) atoms. The third kappa shape index (κ3) is 3.84. The Labute approximate surface area is 137 Å². The lowest BCUT2D eigenvalue weighted by atomic mass is 10.4. The number of hydrogen-bond acceptors (Lipinski definition) is 5. The standard InChI is InChI=1S/C14H21F2N4O3P/c1-3-24(22,4-2)8-23-9(5-15)6-20-7-10(16)11-12(20)18-14(17)19-13(11)21/h7,9H,3-6,8H2,1-2H3,(H3,17,18,19,21). The number of anilines is 1. The van der Waals surface area contributed by atoms with Crippen LogP contribution >= 0.6 is 7.14 Å². The number of aromatic amines is 1. The van der Waals surface area contributed by atoms with Gasteiger partial charge in [0.2, 0.25) is 5.95 Å². The van der Waals surface area contributed by atoms with E-state index in [1.807, 2.05) is 0 Å². The molecule has 0 amide bonds. The molecule has 134 valence electrons. The summed E-state index contributed by atoms with van der Waals surface area (Å²) in [5.74, 6) is -0.935. The van der Waals surface area contributed by atoms with E-state index in [4.69, 9.17) is 10.5 Å². The Kier molecular flexibility index (Phi) is 5.77. The van der Waals surface area contributed by atoms with Crippen LogP contribution in [-0.4, -0.2) is 46.0 Å². The highest BCUT2D eigenvalue weighted by Crippen LogP contribution is 2.44. The average Bonchev–Trinajstić information content (AvgIpc) is 2.86. The molecule has 0 bridgehead atoms. The van der Waals surface area contributed by atoms with Crippen LogP contribution in [0, 0.1) is 5.82 Å². The SMILES string of the molecule is CCP(=O)(CC)COC(CF)Cn1cc(F)c2c(=O)[nH]c(N)nc21. The molecule has 0 saturated heterocycles. The fraction of sp³-hybridized carbons (Fsp3) is 0.571. The molecule has 2 rings (SSSR count). The van der Waals surface area contributed by atoms with Gasteiger partial charge in [0.1, 0.15) is 31.7 Å². The molecule has 0 aromatic carbocycles. The van der Waals surface area contributed by atoms with Crippen molar-refractivity contribution in [2.45, 2.75) is 26.5 Å². The summed E-state index contributed by atoms with van der Waals surface area (Å²) >= 11 is 0. The van der Waals surface area contributed by atoms with Gasteiger partial charge in [-0.25, -0.2) is 8.78 Å². The zero-order valence-electron chi connectivity index (χ0n) is 13.6. The summed E-state index contributed by atoms with van der Waals surface area (Å²) in [6.45, 7) is 2.69. The van der Waals surface area contributed by atoms with Gasteiger partial charge in [-0.1, -0.05) is 13.8 Å². The molecule has 2 heterocycles. The first-order chi connectivity index (χ1) is 11.3. The van der Waals surface area contributed by atoms with E-state index in [2.05, 4.69) is 9.97 Å². The van der Waals surface area contributed by atoms with Crippen LogP contribution in [0.4, 0.5) is 14.7 Å². The summed E-state index contributed by atoms with van der Waals surface area (Å²) in [5, 5.41) is -0.241. The quantitative estimate of drug-likeness (QED) is 0.701. The molecule has 2 aromatic heterocycles. The lowest BCUT2D eigenvalue weighted by Crippen LogP contribution is -2.23. The number of fused-ring (bicyclic) bond motifs is 1. The summed E-state index contributed by atoms with van der Waals surface area (Å²) < 4.78 is 46.3. The number of rotatable bonds is 8. The highest BCUT2D eigenvalue weighted by Gasteiger charge is 2.22. The number of ether oxygens (including phenoxy) is 1. The van der Waals surface area contributed by atoms with Gasteiger partial charge in [0.15, 0.2) is 11.5 Å². The fourth-order valence-electron chi connectivity index (χ4n) is 2.32. The first kappa shape index (κ1) is 18.6. The smallest absolute Gasteiger partial charge is 0.264 e. The second-order valence-electron chi connectivity index (χ2n) is 5.54. The monoisotopic (exact) mass is 362 g/mol. The van der Waals surface area contributed by atoms with Crippen LogP contribution in [0.5, 0.6) is 0 Å². The van der Waals surface area contributed by atoms with Gasteiger partial charge in [-0.15, -0.1) is 0 Å². The molecule has 0 spiro atoms. The van der Waals surface area contributed by atoms with Gasteiger partial charge in [-0.2, -0.15) is 4.98 Å². The van der Waals surface area contributed by atoms with Crippen molar-refractivity contribution in [3.05, 3.63) is 22.4 Å². The summed E-state index contributed by atoms with van der Waals surface area (Å²) in [5.41, 5.74) is 4.79. The zero-order valence-corrected chi connectivity index (χ0v) is 14.5. The molecule has 0 saturated carbocycles. The average molecular weight is 362 g/mol. The Morgan fingerprint density at radius 1 is 1.46 bits per heavy atom. The number of nitrogen functional groups attached to an aromatic ring is 1. The summed E-state index contributed by atoms with van der Waals surface area (Å²) in [6.07, 6.45) is 1.03. The van der Waals surface area contributed by atoms with Crippen LogP contribution in [0.3, 0.4) is 0 Å². The van der Waals surface area contributed by atoms with Crippen molar-refractivity contribution in [1.29, 1.82) is 0 Å². The van der Waals surface area contributed by atoms with Crippen LogP contribution in [0.25, 0.3) is 11.0 Å². The molecule has 0 aliphatic rings. The van der Waals surface area contributed by atoms with Crippen molar-refractivity contribution in [2.24, 2.45) is 0 Å². The Bertz CT molecular complexity index is 812. The van der Waals surface area contributed by atoms with Gasteiger partial charge < -0.3 is 19.6 Å². The minimum atomic E-state index is -2.47. The number of nitrogens with zero attached hydrogens (tertiary/aromatic N) is 2. The van der Waals surface area contributed by atoms with E-state index in [9.17, 15) is 18.1 Å². The van der Waals surface area contributed by atoms with E-state index in [0.29, 0.717) is 12.3 Å². The van der Waals surface area contributed by atoms with Crippen molar-refractivity contribution in [2.75, 3.05) is 31.1 Å². The highest BCUT2D eigenvalue weighted by molar-refractivity contribution is 7.63. The van der Waals surface area contributed by atoms with Crippen molar-refractivity contribution in [3.8, 4) is 0 Å². The molecule has 0 fully saturated rings. The Morgan fingerprint density at radius 2 is 2.12 bits per heavy atom. The number of alkyl halides is 1. The van der Waals surface area contributed by atoms with Crippen LogP contribution < -0.4 is 11.3 Å². The third-order valence-corrected chi connectivity index (χ3v) is 6.89. The summed E-state index contributed by atoms with van der Waals surface area (Å²) in [6, 6.07) is 0. The van der Waals surface area contributed by atoms with Gasteiger partial charge in [0, 0.05) is 18.5 Å². The minimum Gasteiger partial charge on any atom is -0.369 e. The van der Waals surface area contributed by atoms with Crippen molar-refractivity contribution >= 4 is 24.1 Å². The van der Waals surface area contributed by atoms with Crippen molar-refractivity contribution < 1.29 is 18.1 Å². The van der Waals surface area contributed by atoms with Crippen LogP contribution in [0.15, 0.2) is 11.0 Å². The fourth-order valence-corrected chi connectivity index (χ4v) is 3.61. The lowest BCUT2D eigenvalue weighted by molar-refractivity contribution is 0.0521. The van der Waals surface area contributed by atoms with Gasteiger partial charge in [-0.05, 0) is 0 Å². The van der Waals surface area contributed by atoms with Crippen molar-refractivity contribution in [3.63, 3.8) is 0 Å². The summed E-state index contributed by atoms with van der Waals surface area (Å²) in [7, 11) is -2.47. The second-order valence-corrected chi connectivity index (χ2v) is 9.18. The zero-order chi connectivity index (χ0) is 17.9. The second kappa shape index (κ2) is 7.44. The predicted molar refractivity (Wildman–Crippen MR) is 89.1 cm³/mol. The van der Waals surface area contributed by atoms with Gasteiger partial charge in [-0.3, -0.25) is 9.78 Å². The Hall–Kier alpha value is -1.73. The maximum absolute atomic E-state index is 13.9. The molecular weight excluding hydrogens is 341 g/mol. The maximum atomic E-state index is 13.9. The molecule has 1 unspecified atom stereocenters. The Morgan fingerprint density at radius 3 is 2.71 bits per heavy atom. The van der Waals surface area contributed by atoms with E-state index in [-0.39, 0.29) is 29.9 Å². The first-order valence-electron chi connectivity index (χ1n) is 7.62. The van der Waals surface area contributed by atoms with Crippen LogP contribution in [0.2, 0.25) is 0 Å². The number of aromatic nitrogens is 3. The van der Waals surface area contributed by atoms with E-state index in [0.717, 1.165) is 6.20 Å². The van der Waals surface area contributed by atoms with Gasteiger partial charge in [0.05, 0.1) is 6.54 Å². The minimum absolute atomic E-state index is 0.0185. The molecule has 0 aliphatic carbocycles. The number of hydrogen-bond donors (Lipinski definition) is 2. The van der Waals surface area contributed by atoms with Gasteiger partial charge in [0.25, 0.3) is 5.56 Å². The molecule has 3 N–H and O–H groups in total. The predicted octanol–water partition coefficient (Wildman–Crippen LogP) is 2.16. The first-order valence-corrected chi connectivity index (χ1v) is 9.88. The summed E-state index contributed by atoms with van der Waals surface area (Å²) in [4.78, 5) is 17.9. The van der Waals surface area contributed by atoms with Gasteiger partial charge >= 0.3 is 0 Å². The molecule has 7 nitrogen and oxygen atoms in total. The third-order valence-electron chi connectivity index (χ3n) is 3.97. The molecular formula is C14H21F2N4O3P. The molecule has 2 aromatic rings. The van der Waals surface area contributed by atoms with E-state index >= 15 is 0 Å². The Balaban J connectivity index is 2.24. The van der Waals surface area contributed by atoms with E-state index in [1.165, 1.54) is 4.57 Å². The van der Waals surface area contributed by atoms with Crippen molar-refractivity contribution in [1.82, 2.24) is 14.5 Å². The molecule has 10 heteroatoms.